The number of halogens is 3. The average Bonchev–Trinajstić information content (AvgIpc) is 2.64. The van der Waals surface area contributed by atoms with Crippen LogP contribution in [0.15, 0.2) is 40.9 Å². The van der Waals surface area contributed by atoms with Crippen molar-refractivity contribution in [1.29, 1.82) is 0 Å². The highest BCUT2D eigenvalue weighted by Crippen LogP contribution is 2.32. The monoisotopic (exact) mass is 439 g/mol. The molecule has 1 aliphatic rings. The predicted molar refractivity (Wildman–Crippen MR) is 103 cm³/mol. The number of methoxy groups -OCH3 is 1. The molecule has 2 atom stereocenters. The molecule has 0 bridgehead atoms. The molecule has 0 aromatic heterocycles. The fourth-order valence-electron chi connectivity index (χ4n) is 3.26. The number of carbonyl (C=O) groups is 1. The molecule has 0 aliphatic carbocycles. The molecule has 8 heteroatoms. The Labute approximate surface area is 164 Å². The summed E-state index contributed by atoms with van der Waals surface area (Å²) in [6.07, 6.45) is 0.503. The van der Waals surface area contributed by atoms with E-state index in [-0.39, 0.29) is 11.3 Å². The number of benzene rings is 2. The Kier molecular flexibility index (Phi) is 6.28. The normalized spacial score (nSPS) is 19.4. The van der Waals surface area contributed by atoms with Crippen LogP contribution >= 0.6 is 15.9 Å². The van der Waals surface area contributed by atoms with E-state index in [1.807, 2.05) is 12.1 Å². The molecule has 0 saturated carbocycles. The number of piperidine rings is 1. The van der Waals surface area contributed by atoms with Crippen molar-refractivity contribution in [2.75, 3.05) is 25.5 Å². The van der Waals surface area contributed by atoms with Crippen LogP contribution in [0.5, 0.6) is 5.75 Å². The summed E-state index contributed by atoms with van der Waals surface area (Å²) in [5.74, 6) is -1.69. The number of amides is 2. The molecule has 2 amide bonds. The maximum atomic E-state index is 14.5. The molecule has 5 nitrogen and oxygen atoms in total. The van der Waals surface area contributed by atoms with E-state index in [1.165, 1.54) is 19.2 Å². The van der Waals surface area contributed by atoms with E-state index in [1.54, 1.807) is 12.1 Å². The van der Waals surface area contributed by atoms with Crippen LogP contribution in [0.2, 0.25) is 0 Å². The largest absolute Gasteiger partial charge is 0.497 e. The minimum Gasteiger partial charge on any atom is -0.497 e. The first kappa shape index (κ1) is 19.6. The molecule has 0 radical (unpaired) electrons. The van der Waals surface area contributed by atoms with E-state index in [9.17, 15) is 13.6 Å². The van der Waals surface area contributed by atoms with Gasteiger partial charge in [-0.15, -0.1) is 0 Å². The van der Waals surface area contributed by atoms with Gasteiger partial charge in [-0.2, -0.15) is 0 Å². The van der Waals surface area contributed by atoms with Crippen molar-refractivity contribution in [1.82, 2.24) is 10.6 Å². The van der Waals surface area contributed by atoms with Crippen LogP contribution in [0.3, 0.4) is 0 Å². The first-order valence-electron chi connectivity index (χ1n) is 8.54. The van der Waals surface area contributed by atoms with Gasteiger partial charge in [0.25, 0.3) is 0 Å². The van der Waals surface area contributed by atoms with Crippen LogP contribution < -0.4 is 20.7 Å². The van der Waals surface area contributed by atoms with E-state index in [0.717, 1.165) is 4.47 Å². The van der Waals surface area contributed by atoms with Gasteiger partial charge in [0.05, 0.1) is 13.2 Å². The van der Waals surface area contributed by atoms with Gasteiger partial charge in [0.2, 0.25) is 0 Å². The number of nitrogens with one attached hydrogen (secondary N) is 3. The third kappa shape index (κ3) is 4.75. The molecule has 1 saturated heterocycles. The Hall–Kier alpha value is -2.19. The molecule has 1 aliphatic heterocycles. The van der Waals surface area contributed by atoms with Gasteiger partial charge >= 0.3 is 6.03 Å². The van der Waals surface area contributed by atoms with Crippen LogP contribution in [0, 0.1) is 11.6 Å². The van der Waals surface area contributed by atoms with Crippen LogP contribution in [0.25, 0.3) is 0 Å². The quantitative estimate of drug-likeness (QED) is 0.674. The summed E-state index contributed by atoms with van der Waals surface area (Å²) in [4.78, 5) is 12.3. The second kappa shape index (κ2) is 8.67. The molecular weight excluding hydrogens is 420 g/mol. The van der Waals surface area contributed by atoms with Gasteiger partial charge in [-0.05, 0) is 37.2 Å². The summed E-state index contributed by atoms with van der Waals surface area (Å²) in [6, 6.07) is 8.58. The van der Waals surface area contributed by atoms with E-state index in [0.29, 0.717) is 25.2 Å². The van der Waals surface area contributed by atoms with Gasteiger partial charge in [-0.3, -0.25) is 0 Å². The fourth-order valence-corrected chi connectivity index (χ4v) is 3.52. The third-order valence-corrected chi connectivity index (χ3v) is 5.09. The highest BCUT2D eigenvalue weighted by atomic mass is 79.9. The number of anilines is 1. The van der Waals surface area contributed by atoms with Crippen molar-refractivity contribution in [2.24, 2.45) is 0 Å². The molecule has 2 aromatic carbocycles. The van der Waals surface area contributed by atoms with Gasteiger partial charge in [-0.25, -0.2) is 13.6 Å². The van der Waals surface area contributed by atoms with Gasteiger partial charge in [-0.1, -0.05) is 15.9 Å². The van der Waals surface area contributed by atoms with Crippen molar-refractivity contribution in [3.05, 3.63) is 58.1 Å². The van der Waals surface area contributed by atoms with Crippen LogP contribution in [-0.2, 0) is 0 Å². The summed E-state index contributed by atoms with van der Waals surface area (Å²) >= 11 is 3.33. The summed E-state index contributed by atoms with van der Waals surface area (Å²) in [6.45, 7) is 1.03. The zero-order chi connectivity index (χ0) is 19.4. The van der Waals surface area contributed by atoms with E-state index >= 15 is 0 Å². The third-order valence-electron chi connectivity index (χ3n) is 4.56. The number of urea groups is 1. The van der Waals surface area contributed by atoms with E-state index in [2.05, 4.69) is 31.9 Å². The standard InChI is InChI=1S/C19H20BrF2N3O2/c1-27-13-8-15(21)18(16(22)9-13)14-6-7-23-10-17(14)25-19(26)24-12-4-2-11(20)3-5-12/h2-5,8-9,14,17,23H,6-7,10H2,1H3,(H2,24,25,26). The second-order valence-electron chi connectivity index (χ2n) is 6.32. The topological polar surface area (TPSA) is 62.4 Å². The smallest absolute Gasteiger partial charge is 0.319 e. The SMILES string of the molecule is COc1cc(F)c(C2CCNCC2NC(=O)Nc2ccc(Br)cc2)c(F)c1. The Morgan fingerprint density at radius 1 is 1.22 bits per heavy atom. The summed E-state index contributed by atoms with van der Waals surface area (Å²) in [5, 5.41) is 8.71. The van der Waals surface area contributed by atoms with E-state index in [4.69, 9.17) is 4.74 Å². The van der Waals surface area contributed by atoms with Crippen molar-refractivity contribution in [2.45, 2.75) is 18.4 Å². The Morgan fingerprint density at radius 3 is 2.52 bits per heavy atom. The minimum atomic E-state index is -0.668. The number of hydrogen-bond acceptors (Lipinski definition) is 3. The Balaban J connectivity index is 1.76. The number of rotatable bonds is 4. The molecule has 27 heavy (non-hydrogen) atoms. The molecule has 0 spiro atoms. The Morgan fingerprint density at radius 2 is 1.89 bits per heavy atom. The van der Waals surface area contributed by atoms with Gasteiger partial charge in [0, 0.05) is 40.3 Å². The zero-order valence-corrected chi connectivity index (χ0v) is 16.3. The fraction of sp³-hybridized carbons (Fsp3) is 0.316. The number of hydrogen-bond donors (Lipinski definition) is 3. The molecular formula is C19H20BrF2N3O2. The molecule has 2 aromatic rings. The minimum absolute atomic E-state index is 0.0220. The first-order valence-corrected chi connectivity index (χ1v) is 9.34. The van der Waals surface area contributed by atoms with Crippen molar-refractivity contribution in [3.8, 4) is 5.75 Å². The van der Waals surface area contributed by atoms with Crippen LogP contribution in [0.4, 0.5) is 19.3 Å². The van der Waals surface area contributed by atoms with Gasteiger partial charge in [0.1, 0.15) is 17.4 Å². The molecule has 1 heterocycles. The lowest BCUT2D eigenvalue weighted by Crippen LogP contribution is -2.51. The lowest BCUT2D eigenvalue weighted by atomic mass is 9.85. The average molecular weight is 440 g/mol. The first-order chi connectivity index (χ1) is 13.0. The van der Waals surface area contributed by atoms with Crippen molar-refractivity contribution in [3.63, 3.8) is 0 Å². The second-order valence-corrected chi connectivity index (χ2v) is 7.23. The zero-order valence-electron chi connectivity index (χ0n) is 14.7. The molecule has 3 rings (SSSR count). The Bertz CT molecular complexity index is 794. The van der Waals surface area contributed by atoms with E-state index < -0.39 is 29.6 Å². The lowest BCUT2D eigenvalue weighted by Gasteiger charge is -2.33. The summed E-state index contributed by atoms with van der Waals surface area (Å²) < 4.78 is 34.8. The van der Waals surface area contributed by atoms with Gasteiger partial charge in [0.15, 0.2) is 0 Å². The lowest BCUT2D eigenvalue weighted by molar-refractivity contribution is 0.241. The van der Waals surface area contributed by atoms with Crippen LogP contribution in [0.1, 0.15) is 17.9 Å². The maximum Gasteiger partial charge on any atom is 0.319 e. The molecule has 1 fully saturated rings. The summed E-state index contributed by atoms with van der Waals surface area (Å²) in [5.41, 5.74) is 0.601. The summed E-state index contributed by atoms with van der Waals surface area (Å²) in [7, 11) is 1.36. The number of ether oxygens (including phenoxy) is 1. The predicted octanol–water partition coefficient (Wildman–Crippen LogP) is 4.00. The molecule has 3 N–H and O–H groups in total. The highest BCUT2D eigenvalue weighted by molar-refractivity contribution is 9.10. The van der Waals surface area contributed by atoms with Crippen molar-refractivity contribution < 1.29 is 18.3 Å². The highest BCUT2D eigenvalue weighted by Gasteiger charge is 2.32. The number of carbonyl (C=O) groups excluding carboxylic acids is 1. The molecule has 144 valence electrons. The molecule has 2 unspecified atom stereocenters. The maximum absolute atomic E-state index is 14.5. The van der Waals surface area contributed by atoms with Crippen LogP contribution in [-0.4, -0.2) is 32.3 Å². The van der Waals surface area contributed by atoms with Gasteiger partial charge < -0.3 is 20.7 Å². The van der Waals surface area contributed by atoms with Crippen molar-refractivity contribution >= 4 is 27.6 Å².